The van der Waals surface area contributed by atoms with E-state index in [0.717, 1.165) is 34.6 Å². The first-order valence-corrected chi connectivity index (χ1v) is 9.80. The van der Waals surface area contributed by atoms with E-state index in [9.17, 15) is 8.42 Å². The van der Waals surface area contributed by atoms with Gasteiger partial charge in [0.15, 0.2) is 0 Å². The molecule has 0 bridgehead atoms. The molecule has 5 nitrogen and oxygen atoms in total. The van der Waals surface area contributed by atoms with Crippen LogP contribution in [0, 0.1) is 12.8 Å². The molecule has 0 radical (unpaired) electrons. The van der Waals surface area contributed by atoms with Crippen LogP contribution in [0.15, 0.2) is 26.5 Å². The number of nitrogens with zero attached hydrogens (tertiary/aromatic N) is 2. The van der Waals surface area contributed by atoms with Crippen molar-refractivity contribution < 1.29 is 8.42 Å². The lowest BCUT2D eigenvalue weighted by atomic mass is 10.00. The highest BCUT2D eigenvalue weighted by Gasteiger charge is 2.23. The van der Waals surface area contributed by atoms with Gasteiger partial charge in [0.2, 0.25) is 10.0 Å². The van der Waals surface area contributed by atoms with Crippen LogP contribution in [0.3, 0.4) is 0 Å². The maximum absolute atomic E-state index is 12.3. The van der Waals surface area contributed by atoms with Gasteiger partial charge in [-0.15, -0.1) is 11.3 Å². The summed E-state index contributed by atoms with van der Waals surface area (Å²) in [5, 5.41) is 0. The summed E-state index contributed by atoms with van der Waals surface area (Å²) < 4.78 is 30.7. The molecule has 0 aromatic carbocycles. The highest BCUT2D eigenvalue weighted by molar-refractivity contribution is 9.11. The molecule has 114 valence electrons. The fraction of sp³-hybridized carbons (Fsp3) is 0.462. The normalized spacial score (nSPS) is 18.7. The monoisotopic (exact) mass is 389 g/mol. The molecule has 2 aromatic heterocycles. The predicted octanol–water partition coefficient (Wildman–Crippen LogP) is 2.56. The van der Waals surface area contributed by atoms with E-state index >= 15 is 0 Å². The lowest BCUT2D eigenvalue weighted by Crippen LogP contribution is -2.33. The summed E-state index contributed by atoms with van der Waals surface area (Å²) in [7, 11) is -3.41. The fourth-order valence-electron chi connectivity index (χ4n) is 2.47. The second-order valence-corrected chi connectivity index (χ2v) is 9.64. The minimum Gasteiger partial charge on any atom is -0.335 e. The number of halogens is 1. The molecule has 0 saturated heterocycles. The first kappa shape index (κ1) is 15.2. The molecule has 3 rings (SSSR count). The summed E-state index contributed by atoms with van der Waals surface area (Å²) in [5.74, 6) is 1.40. The molecule has 0 unspecified atom stereocenters. The van der Waals surface area contributed by atoms with Crippen molar-refractivity contribution in [1.29, 1.82) is 0 Å². The predicted molar refractivity (Wildman–Crippen MR) is 86.0 cm³/mol. The van der Waals surface area contributed by atoms with Crippen LogP contribution < -0.4 is 4.72 Å². The zero-order valence-corrected chi connectivity index (χ0v) is 14.8. The lowest BCUT2D eigenvalue weighted by Gasteiger charge is -2.23. The lowest BCUT2D eigenvalue weighted by molar-refractivity contribution is 0.363. The van der Waals surface area contributed by atoms with Gasteiger partial charge in [-0.2, -0.15) is 0 Å². The molecule has 0 saturated carbocycles. The summed E-state index contributed by atoms with van der Waals surface area (Å²) >= 11 is 4.61. The zero-order chi connectivity index (χ0) is 15.0. The number of aromatic nitrogens is 2. The minimum absolute atomic E-state index is 0.311. The number of sulfonamides is 1. The Balaban J connectivity index is 1.65. The number of imidazole rings is 1. The second-order valence-electron chi connectivity index (χ2n) is 5.27. The van der Waals surface area contributed by atoms with E-state index in [1.54, 1.807) is 12.3 Å². The molecule has 3 heterocycles. The second kappa shape index (κ2) is 5.83. The third-order valence-corrected chi connectivity index (χ3v) is 7.73. The molecule has 1 atom stereocenters. The summed E-state index contributed by atoms with van der Waals surface area (Å²) in [6.07, 6.45) is 5.62. The van der Waals surface area contributed by atoms with Crippen LogP contribution in [0.5, 0.6) is 0 Å². The van der Waals surface area contributed by atoms with Crippen molar-refractivity contribution >= 4 is 37.3 Å². The van der Waals surface area contributed by atoms with Gasteiger partial charge < -0.3 is 4.57 Å². The van der Waals surface area contributed by atoms with Crippen LogP contribution in [0.2, 0.25) is 0 Å². The van der Waals surface area contributed by atoms with Crippen molar-refractivity contribution in [1.82, 2.24) is 14.3 Å². The minimum atomic E-state index is -3.41. The van der Waals surface area contributed by atoms with Gasteiger partial charge in [-0.25, -0.2) is 18.1 Å². The molecule has 0 fully saturated rings. The van der Waals surface area contributed by atoms with E-state index in [1.165, 1.54) is 11.3 Å². The quantitative estimate of drug-likeness (QED) is 0.873. The SMILES string of the molecule is Cc1cc(S(=O)(=O)NC[C@H]2CCc3nccn3C2)sc1Br. The maximum atomic E-state index is 12.3. The number of thiophene rings is 1. The number of hydrogen-bond donors (Lipinski definition) is 1. The molecule has 2 aromatic rings. The highest BCUT2D eigenvalue weighted by Crippen LogP contribution is 2.30. The highest BCUT2D eigenvalue weighted by atomic mass is 79.9. The summed E-state index contributed by atoms with van der Waals surface area (Å²) in [4.78, 5) is 4.28. The van der Waals surface area contributed by atoms with Crippen molar-refractivity contribution in [3.63, 3.8) is 0 Å². The van der Waals surface area contributed by atoms with E-state index in [0.29, 0.717) is 16.7 Å². The van der Waals surface area contributed by atoms with Crippen LogP contribution in [-0.2, 0) is 23.0 Å². The molecule has 0 aliphatic carbocycles. The molecule has 1 aliphatic heterocycles. The van der Waals surface area contributed by atoms with Gasteiger partial charge in [0, 0.05) is 31.9 Å². The smallest absolute Gasteiger partial charge is 0.250 e. The third kappa shape index (κ3) is 3.23. The molecule has 8 heteroatoms. The first-order chi connectivity index (χ1) is 9.95. The van der Waals surface area contributed by atoms with Gasteiger partial charge in [0.05, 0.1) is 3.79 Å². The molecule has 1 N–H and O–H groups in total. The number of aryl methyl sites for hydroxylation is 2. The Morgan fingerprint density at radius 2 is 2.38 bits per heavy atom. The Hall–Kier alpha value is -0.700. The van der Waals surface area contributed by atoms with E-state index < -0.39 is 10.0 Å². The van der Waals surface area contributed by atoms with Gasteiger partial charge in [0.1, 0.15) is 10.0 Å². The average molecular weight is 390 g/mol. The van der Waals surface area contributed by atoms with E-state index in [2.05, 4.69) is 30.2 Å². The number of fused-ring (bicyclic) bond motifs is 1. The molecule has 0 amide bonds. The summed E-state index contributed by atoms with van der Waals surface area (Å²) in [5.41, 5.74) is 0.945. The van der Waals surface area contributed by atoms with Crippen LogP contribution in [0.25, 0.3) is 0 Å². The third-order valence-electron chi connectivity index (χ3n) is 3.69. The topological polar surface area (TPSA) is 64.0 Å². The van der Waals surface area contributed by atoms with Crippen LogP contribution in [0.4, 0.5) is 0 Å². The van der Waals surface area contributed by atoms with E-state index in [-0.39, 0.29) is 0 Å². The molecular weight excluding hydrogens is 374 g/mol. The Morgan fingerprint density at radius 3 is 3.10 bits per heavy atom. The molecule has 21 heavy (non-hydrogen) atoms. The van der Waals surface area contributed by atoms with Gasteiger partial charge in [-0.1, -0.05) is 0 Å². The van der Waals surface area contributed by atoms with Crippen molar-refractivity contribution in [2.24, 2.45) is 5.92 Å². The van der Waals surface area contributed by atoms with E-state index in [1.807, 2.05) is 13.1 Å². The van der Waals surface area contributed by atoms with Crippen molar-refractivity contribution in [3.05, 3.63) is 33.6 Å². The van der Waals surface area contributed by atoms with Gasteiger partial charge >= 0.3 is 0 Å². The summed E-state index contributed by atoms with van der Waals surface area (Å²) in [6, 6.07) is 1.70. The largest absolute Gasteiger partial charge is 0.335 e. The zero-order valence-electron chi connectivity index (χ0n) is 11.5. The van der Waals surface area contributed by atoms with Crippen LogP contribution >= 0.6 is 27.3 Å². The first-order valence-electron chi connectivity index (χ1n) is 6.71. The summed E-state index contributed by atoms with van der Waals surface area (Å²) in [6.45, 7) is 3.18. The molecular formula is C13H16BrN3O2S2. The van der Waals surface area contributed by atoms with Gasteiger partial charge in [0.25, 0.3) is 0 Å². The van der Waals surface area contributed by atoms with Crippen molar-refractivity contribution in [2.45, 2.75) is 30.5 Å². The Labute approximate surface area is 136 Å². The standard InChI is InChI=1S/C13H16BrN3O2S2/c1-9-6-12(20-13(9)14)21(18,19)16-7-10-2-3-11-15-4-5-17(11)8-10/h4-6,10,16H,2-3,7-8H2,1H3/t10-/m1/s1. The molecule has 1 aliphatic rings. The van der Waals surface area contributed by atoms with E-state index in [4.69, 9.17) is 0 Å². The number of nitrogens with one attached hydrogen (secondary N) is 1. The maximum Gasteiger partial charge on any atom is 0.250 e. The van der Waals surface area contributed by atoms with Crippen LogP contribution in [-0.4, -0.2) is 24.5 Å². The van der Waals surface area contributed by atoms with Gasteiger partial charge in [-0.05, 0) is 46.8 Å². The van der Waals surface area contributed by atoms with Crippen molar-refractivity contribution in [3.8, 4) is 0 Å². The van der Waals surface area contributed by atoms with Crippen molar-refractivity contribution in [2.75, 3.05) is 6.54 Å². The van der Waals surface area contributed by atoms with Gasteiger partial charge in [-0.3, -0.25) is 0 Å². The Kier molecular flexibility index (Phi) is 4.22. The Bertz CT molecular complexity index is 732. The number of hydrogen-bond acceptors (Lipinski definition) is 4. The van der Waals surface area contributed by atoms with Crippen LogP contribution in [0.1, 0.15) is 17.8 Å². The fourth-order valence-corrected chi connectivity index (χ4v) is 5.85. The molecule has 0 spiro atoms. The average Bonchev–Trinajstić information content (AvgIpc) is 3.04. The Morgan fingerprint density at radius 1 is 1.57 bits per heavy atom. The number of rotatable bonds is 4.